The van der Waals surface area contributed by atoms with E-state index < -0.39 is 43.2 Å². The van der Waals surface area contributed by atoms with Gasteiger partial charge >= 0.3 is 5.97 Å². The lowest BCUT2D eigenvalue weighted by atomic mass is 9.96. The van der Waals surface area contributed by atoms with Crippen molar-refractivity contribution < 1.29 is 39.1 Å². The van der Waals surface area contributed by atoms with Crippen LogP contribution in [0.3, 0.4) is 0 Å². The molecule has 1 aromatic heterocycles. The van der Waals surface area contributed by atoms with Crippen molar-refractivity contribution in [3.8, 4) is 0 Å². The van der Waals surface area contributed by atoms with E-state index in [0.717, 1.165) is 32.1 Å². The molecule has 1 aliphatic rings. The number of esters is 1. The van der Waals surface area contributed by atoms with E-state index in [1.807, 2.05) is 0 Å². The van der Waals surface area contributed by atoms with E-state index in [1.54, 1.807) is 0 Å². The van der Waals surface area contributed by atoms with Gasteiger partial charge in [-0.2, -0.15) is 0 Å². The number of H-pyrrole nitrogens is 1. The zero-order valence-corrected chi connectivity index (χ0v) is 18.8. The average molecular weight is 471 g/mol. The van der Waals surface area contributed by atoms with Crippen LogP contribution in [-0.4, -0.2) is 83.1 Å². The minimum absolute atomic E-state index is 0.159. The quantitative estimate of drug-likeness (QED) is 0.194. The van der Waals surface area contributed by atoms with E-state index in [1.165, 1.54) is 25.4 Å². The number of methoxy groups -OCH3 is 1. The Labute approximate surface area is 192 Å². The van der Waals surface area contributed by atoms with E-state index in [9.17, 15) is 29.7 Å². The summed E-state index contributed by atoms with van der Waals surface area (Å²) in [4.78, 5) is 37.2. The summed E-state index contributed by atoms with van der Waals surface area (Å²) in [6.07, 6.45) is 1.94. The van der Waals surface area contributed by atoms with Crippen molar-refractivity contribution in [3.05, 3.63) is 34.2 Å². The molecular weight excluding hydrogens is 436 g/mol. The van der Waals surface area contributed by atoms with Gasteiger partial charge in [-0.3, -0.25) is 14.4 Å². The maximum atomic E-state index is 12.5. The number of carbonyl (C=O) groups is 2. The van der Waals surface area contributed by atoms with Gasteiger partial charge in [-0.15, -0.1) is 0 Å². The Hall–Kier alpha value is -2.31. The summed E-state index contributed by atoms with van der Waals surface area (Å²) in [5, 5.41) is 32.7. The number of amides is 1. The first-order chi connectivity index (χ1) is 15.9. The average Bonchev–Trinajstić information content (AvgIpc) is 2.82. The van der Waals surface area contributed by atoms with E-state index >= 15 is 0 Å². The third-order valence-electron chi connectivity index (χ3n) is 5.51. The van der Waals surface area contributed by atoms with Gasteiger partial charge in [-0.05, 0) is 18.9 Å². The molecule has 5 N–H and O–H groups in total. The Bertz CT molecular complexity index is 780. The number of unbranched alkanes of at least 4 members (excludes halogenated alkanes) is 5. The van der Waals surface area contributed by atoms with Crippen LogP contribution in [0.5, 0.6) is 0 Å². The Morgan fingerprint density at radius 2 is 1.79 bits per heavy atom. The third kappa shape index (κ3) is 8.52. The first-order valence-corrected chi connectivity index (χ1v) is 11.2. The van der Waals surface area contributed by atoms with Crippen LogP contribution in [0.4, 0.5) is 0 Å². The van der Waals surface area contributed by atoms with Crippen molar-refractivity contribution >= 4 is 11.9 Å². The van der Waals surface area contributed by atoms with Crippen molar-refractivity contribution in [2.24, 2.45) is 0 Å². The molecule has 3 unspecified atom stereocenters. The van der Waals surface area contributed by atoms with Gasteiger partial charge < -0.3 is 39.8 Å². The van der Waals surface area contributed by atoms with Gasteiger partial charge in [0.1, 0.15) is 24.4 Å². The maximum absolute atomic E-state index is 12.5. The molecule has 1 amide bonds. The predicted octanol–water partition coefficient (Wildman–Crippen LogP) is -0.167. The second-order valence-electron chi connectivity index (χ2n) is 7.97. The zero-order chi connectivity index (χ0) is 24.2. The first-order valence-electron chi connectivity index (χ1n) is 11.2. The fourth-order valence-electron chi connectivity index (χ4n) is 3.54. The highest BCUT2D eigenvalue weighted by molar-refractivity contribution is 5.94. The highest BCUT2D eigenvalue weighted by atomic mass is 16.7. The minimum Gasteiger partial charge on any atom is -0.469 e. The lowest BCUT2D eigenvalue weighted by molar-refractivity contribution is -0.269. The molecule has 0 radical (unpaired) electrons. The molecule has 1 saturated heterocycles. The van der Waals surface area contributed by atoms with Crippen molar-refractivity contribution in [2.75, 3.05) is 20.3 Å². The van der Waals surface area contributed by atoms with Crippen molar-refractivity contribution in [2.45, 2.75) is 75.6 Å². The van der Waals surface area contributed by atoms with Crippen LogP contribution in [0.25, 0.3) is 0 Å². The van der Waals surface area contributed by atoms with Crippen LogP contribution >= 0.6 is 0 Å². The lowest BCUT2D eigenvalue weighted by Crippen LogP contribution is -2.64. The van der Waals surface area contributed by atoms with Crippen LogP contribution < -0.4 is 10.9 Å². The predicted molar refractivity (Wildman–Crippen MR) is 116 cm³/mol. The first kappa shape index (κ1) is 26.9. The second kappa shape index (κ2) is 14.1. The Morgan fingerprint density at radius 1 is 1.09 bits per heavy atom. The molecular formula is C22H34N2O9. The number of pyridine rings is 1. The molecule has 0 aromatic carbocycles. The van der Waals surface area contributed by atoms with Gasteiger partial charge in [0.25, 0.3) is 5.91 Å². The molecule has 1 aliphatic heterocycles. The summed E-state index contributed by atoms with van der Waals surface area (Å²) in [6, 6.07) is 1.45. The third-order valence-corrected chi connectivity index (χ3v) is 5.51. The largest absolute Gasteiger partial charge is 0.469 e. The Balaban J connectivity index is 1.82. The van der Waals surface area contributed by atoms with E-state index in [-0.39, 0.29) is 17.1 Å². The summed E-state index contributed by atoms with van der Waals surface area (Å²) < 4.78 is 15.9. The molecule has 0 saturated carbocycles. The maximum Gasteiger partial charge on any atom is 0.305 e. The highest BCUT2D eigenvalue weighted by Crippen LogP contribution is 2.23. The molecule has 11 heteroatoms. The number of nitrogens with one attached hydrogen (secondary N) is 2. The topological polar surface area (TPSA) is 167 Å². The summed E-state index contributed by atoms with van der Waals surface area (Å²) in [6.45, 7) is -0.233. The van der Waals surface area contributed by atoms with Gasteiger partial charge in [0.05, 0.1) is 19.3 Å². The molecule has 0 spiro atoms. The smallest absolute Gasteiger partial charge is 0.305 e. The van der Waals surface area contributed by atoms with Crippen molar-refractivity contribution in [1.82, 2.24) is 10.3 Å². The molecule has 2 heterocycles. The number of aromatic nitrogens is 1. The fourth-order valence-corrected chi connectivity index (χ4v) is 3.54. The lowest BCUT2D eigenvalue weighted by Gasteiger charge is -2.42. The Morgan fingerprint density at radius 3 is 2.42 bits per heavy atom. The molecule has 33 heavy (non-hydrogen) atoms. The van der Waals surface area contributed by atoms with E-state index in [0.29, 0.717) is 19.4 Å². The standard InChI is InChI=1S/C22H34N2O9/c1-31-17(27)8-6-4-2-3-5-7-11-32-22-18(20(29)19(28)15(13-25)33-22)24-21(30)14-9-10-16(26)23-12-14/h9-10,12,15,18-20,22,25,28-29H,2-8,11,13H2,1H3,(H,23,26)(H,24,30)/t15?,18?,19-,20?,22-/m1/s1. The number of hydrogen-bond acceptors (Lipinski definition) is 9. The van der Waals surface area contributed by atoms with Crippen molar-refractivity contribution in [1.29, 1.82) is 0 Å². The number of aromatic amines is 1. The van der Waals surface area contributed by atoms with Gasteiger partial charge in [0.15, 0.2) is 6.29 Å². The highest BCUT2D eigenvalue weighted by Gasteiger charge is 2.45. The molecule has 1 fully saturated rings. The van der Waals surface area contributed by atoms with Gasteiger partial charge in [0.2, 0.25) is 5.56 Å². The second-order valence-corrected chi connectivity index (χ2v) is 7.97. The molecule has 1 aromatic rings. The summed E-state index contributed by atoms with van der Waals surface area (Å²) in [5.41, 5.74) is -0.204. The van der Waals surface area contributed by atoms with Gasteiger partial charge in [-0.1, -0.05) is 25.7 Å². The van der Waals surface area contributed by atoms with E-state index in [4.69, 9.17) is 9.47 Å². The van der Waals surface area contributed by atoms with Crippen LogP contribution in [0.2, 0.25) is 0 Å². The molecule has 5 atom stereocenters. The summed E-state index contributed by atoms with van der Waals surface area (Å²) >= 11 is 0. The van der Waals surface area contributed by atoms with Crippen LogP contribution in [0.15, 0.2) is 23.1 Å². The molecule has 2 rings (SSSR count). The molecule has 186 valence electrons. The van der Waals surface area contributed by atoms with Gasteiger partial charge in [0, 0.05) is 25.3 Å². The monoisotopic (exact) mass is 470 g/mol. The number of hydrogen-bond donors (Lipinski definition) is 5. The zero-order valence-electron chi connectivity index (χ0n) is 18.8. The van der Waals surface area contributed by atoms with Crippen LogP contribution in [-0.2, 0) is 19.0 Å². The SMILES string of the molecule is COC(=O)CCCCCCCCO[C@@H]1OC(CO)[C@@H](O)C(O)C1NC(=O)c1ccc(=O)[nH]c1. The minimum atomic E-state index is -1.43. The Kier molecular flexibility index (Phi) is 11.5. The number of aliphatic hydroxyl groups excluding tert-OH is 3. The van der Waals surface area contributed by atoms with Crippen LogP contribution in [0.1, 0.15) is 55.3 Å². The van der Waals surface area contributed by atoms with Crippen LogP contribution in [0, 0.1) is 0 Å². The number of aliphatic hydroxyl groups is 3. The van der Waals surface area contributed by atoms with Gasteiger partial charge in [-0.25, -0.2) is 0 Å². The molecule has 0 bridgehead atoms. The number of rotatable bonds is 13. The number of ether oxygens (including phenoxy) is 3. The summed E-state index contributed by atoms with van der Waals surface area (Å²) in [5.74, 6) is -0.791. The fraction of sp³-hybridized carbons (Fsp3) is 0.682. The normalized spacial score (nSPS) is 24.9. The summed E-state index contributed by atoms with van der Waals surface area (Å²) in [7, 11) is 1.38. The number of carbonyl (C=O) groups excluding carboxylic acids is 2. The van der Waals surface area contributed by atoms with Crippen molar-refractivity contribution in [3.63, 3.8) is 0 Å². The molecule has 0 aliphatic carbocycles. The molecule has 11 nitrogen and oxygen atoms in total. The van der Waals surface area contributed by atoms with E-state index in [2.05, 4.69) is 15.0 Å².